The molecule has 0 spiro atoms. The van der Waals surface area contributed by atoms with Crippen molar-refractivity contribution in [2.45, 2.75) is 20.0 Å². The summed E-state index contributed by atoms with van der Waals surface area (Å²) in [5.74, 6) is 0.681. The number of imidazole rings is 2. The van der Waals surface area contributed by atoms with Crippen LogP contribution in [0.25, 0.3) is 23.0 Å². The van der Waals surface area contributed by atoms with E-state index in [1.807, 2.05) is 60.0 Å². The molecular weight excluding hydrogens is 420 g/mol. The summed E-state index contributed by atoms with van der Waals surface area (Å²) in [7, 11) is 1.67. The first-order chi connectivity index (χ1) is 16.0. The Hall–Kier alpha value is -3.43. The number of morpholine rings is 1. The highest BCUT2D eigenvalue weighted by Crippen LogP contribution is 2.16. The molecular formula is C24H28N6O3. The summed E-state index contributed by atoms with van der Waals surface area (Å²) in [6.45, 7) is 7.20. The molecule has 3 aromatic heterocycles. The van der Waals surface area contributed by atoms with Crippen molar-refractivity contribution in [2.24, 2.45) is 7.05 Å². The lowest BCUT2D eigenvalue weighted by Gasteiger charge is -2.26. The van der Waals surface area contributed by atoms with Crippen molar-refractivity contribution in [3.05, 3.63) is 74.7 Å². The number of aromatic nitrogens is 5. The first-order valence-corrected chi connectivity index (χ1v) is 11.2. The quantitative estimate of drug-likeness (QED) is 0.447. The smallest absolute Gasteiger partial charge is 0.332 e. The first-order valence-electron chi connectivity index (χ1n) is 11.2. The van der Waals surface area contributed by atoms with Gasteiger partial charge in [0.15, 0.2) is 11.2 Å². The van der Waals surface area contributed by atoms with E-state index in [0.29, 0.717) is 16.9 Å². The van der Waals surface area contributed by atoms with Crippen LogP contribution in [0.1, 0.15) is 11.3 Å². The van der Waals surface area contributed by atoms with Gasteiger partial charge in [0.25, 0.3) is 5.56 Å². The second-order valence-electron chi connectivity index (χ2n) is 8.40. The Labute approximate surface area is 190 Å². The van der Waals surface area contributed by atoms with Gasteiger partial charge in [-0.2, -0.15) is 4.98 Å². The molecule has 0 saturated carbocycles. The predicted octanol–water partition coefficient (Wildman–Crippen LogP) is 1.50. The van der Waals surface area contributed by atoms with Gasteiger partial charge in [0.05, 0.1) is 13.2 Å². The molecule has 0 N–H and O–H groups in total. The molecule has 4 heterocycles. The average Bonchev–Trinajstić information content (AvgIpc) is 3.34. The van der Waals surface area contributed by atoms with E-state index in [0.717, 1.165) is 50.7 Å². The Balaban J connectivity index is 1.52. The topological polar surface area (TPSA) is 78.7 Å². The second kappa shape index (κ2) is 8.84. The average molecular weight is 449 g/mol. The van der Waals surface area contributed by atoms with Crippen LogP contribution in [-0.2, 0) is 24.9 Å². The summed E-state index contributed by atoms with van der Waals surface area (Å²) in [6, 6.07) is 9.80. The SMILES string of the molecule is Cc1cn2c3c(=O)n(C/C=C/c4ccccc4)c(=O)n(C)c3nc2n1CCN1CCOCC1. The Morgan fingerprint density at radius 1 is 1.06 bits per heavy atom. The Morgan fingerprint density at radius 2 is 1.82 bits per heavy atom. The third kappa shape index (κ3) is 3.94. The van der Waals surface area contributed by atoms with E-state index in [1.165, 1.54) is 9.13 Å². The highest BCUT2D eigenvalue weighted by atomic mass is 16.5. The minimum absolute atomic E-state index is 0.195. The molecule has 0 bridgehead atoms. The molecule has 9 nitrogen and oxygen atoms in total. The number of aryl methyl sites for hydroxylation is 2. The highest BCUT2D eigenvalue weighted by molar-refractivity contribution is 5.75. The first kappa shape index (κ1) is 21.4. The van der Waals surface area contributed by atoms with E-state index in [9.17, 15) is 9.59 Å². The molecule has 9 heteroatoms. The van der Waals surface area contributed by atoms with Gasteiger partial charge in [0, 0.05) is 51.7 Å². The van der Waals surface area contributed by atoms with Gasteiger partial charge in [0.1, 0.15) is 0 Å². The van der Waals surface area contributed by atoms with Crippen LogP contribution in [0.2, 0.25) is 0 Å². The number of hydrogen-bond acceptors (Lipinski definition) is 5. The summed E-state index contributed by atoms with van der Waals surface area (Å²) in [4.78, 5) is 33.4. The number of ether oxygens (including phenoxy) is 1. The molecule has 1 saturated heterocycles. The van der Waals surface area contributed by atoms with Crippen LogP contribution in [0.15, 0.2) is 52.2 Å². The normalized spacial score (nSPS) is 15.3. The number of nitrogens with zero attached hydrogens (tertiary/aromatic N) is 6. The lowest BCUT2D eigenvalue weighted by atomic mass is 10.2. The third-order valence-electron chi connectivity index (χ3n) is 6.28. The van der Waals surface area contributed by atoms with E-state index in [-0.39, 0.29) is 17.8 Å². The van der Waals surface area contributed by atoms with Crippen LogP contribution < -0.4 is 11.2 Å². The van der Waals surface area contributed by atoms with Gasteiger partial charge in [-0.25, -0.2) is 4.79 Å². The molecule has 0 aliphatic carbocycles. The van der Waals surface area contributed by atoms with Gasteiger partial charge in [-0.15, -0.1) is 0 Å². The number of allylic oxidation sites excluding steroid dienone is 1. The summed E-state index contributed by atoms with van der Waals surface area (Å²) in [6.07, 6.45) is 5.68. The molecule has 1 aliphatic heterocycles. The van der Waals surface area contributed by atoms with E-state index in [4.69, 9.17) is 9.72 Å². The van der Waals surface area contributed by atoms with E-state index < -0.39 is 0 Å². The summed E-state index contributed by atoms with van der Waals surface area (Å²) >= 11 is 0. The summed E-state index contributed by atoms with van der Waals surface area (Å²) in [5, 5.41) is 0. The molecule has 1 aromatic carbocycles. The maximum absolute atomic E-state index is 13.4. The van der Waals surface area contributed by atoms with Crippen LogP contribution in [0, 0.1) is 6.92 Å². The van der Waals surface area contributed by atoms with Crippen molar-refractivity contribution in [1.29, 1.82) is 0 Å². The van der Waals surface area contributed by atoms with Crippen LogP contribution in [0.4, 0.5) is 0 Å². The number of rotatable bonds is 6. The minimum atomic E-state index is -0.373. The van der Waals surface area contributed by atoms with Gasteiger partial charge in [-0.3, -0.25) is 23.2 Å². The Bertz CT molecular complexity index is 1430. The van der Waals surface area contributed by atoms with Gasteiger partial charge < -0.3 is 9.30 Å². The Kier molecular flexibility index (Phi) is 5.74. The van der Waals surface area contributed by atoms with Crippen LogP contribution in [-0.4, -0.2) is 60.8 Å². The fraction of sp³-hybridized carbons (Fsp3) is 0.375. The zero-order valence-corrected chi connectivity index (χ0v) is 19.0. The zero-order valence-electron chi connectivity index (χ0n) is 19.0. The Morgan fingerprint density at radius 3 is 2.58 bits per heavy atom. The van der Waals surface area contributed by atoms with Gasteiger partial charge in [-0.05, 0) is 12.5 Å². The van der Waals surface area contributed by atoms with Crippen molar-refractivity contribution >= 4 is 23.0 Å². The maximum Gasteiger partial charge on any atom is 0.332 e. The molecule has 0 amide bonds. The van der Waals surface area contributed by atoms with Crippen LogP contribution >= 0.6 is 0 Å². The molecule has 0 atom stereocenters. The minimum Gasteiger partial charge on any atom is -0.379 e. The lowest BCUT2D eigenvalue weighted by molar-refractivity contribution is 0.0364. The summed E-state index contributed by atoms with van der Waals surface area (Å²) in [5.41, 5.74) is 2.17. The standard InChI is InChI=1S/C24H28N6O3/c1-18-17-30-20-21(25-23(30)28(18)12-11-27-13-15-33-16-14-27)26(2)24(32)29(22(20)31)10-6-9-19-7-4-3-5-8-19/h3-9,17H,10-16H2,1-2H3/b9-6+. The second-order valence-corrected chi connectivity index (χ2v) is 8.40. The molecule has 172 valence electrons. The fourth-order valence-electron chi connectivity index (χ4n) is 4.42. The number of fused-ring (bicyclic) bond motifs is 3. The maximum atomic E-state index is 13.4. The van der Waals surface area contributed by atoms with E-state index in [1.54, 1.807) is 7.05 Å². The fourth-order valence-corrected chi connectivity index (χ4v) is 4.42. The van der Waals surface area contributed by atoms with Crippen LogP contribution in [0.5, 0.6) is 0 Å². The number of hydrogen-bond donors (Lipinski definition) is 0. The molecule has 33 heavy (non-hydrogen) atoms. The molecule has 4 aromatic rings. The zero-order chi connectivity index (χ0) is 22.9. The van der Waals surface area contributed by atoms with Crippen molar-refractivity contribution in [3.63, 3.8) is 0 Å². The van der Waals surface area contributed by atoms with Crippen LogP contribution in [0.3, 0.4) is 0 Å². The third-order valence-corrected chi connectivity index (χ3v) is 6.28. The van der Waals surface area contributed by atoms with E-state index in [2.05, 4.69) is 9.47 Å². The van der Waals surface area contributed by atoms with Crippen molar-refractivity contribution in [2.75, 3.05) is 32.8 Å². The molecule has 1 fully saturated rings. The monoisotopic (exact) mass is 448 g/mol. The molecule has 0 radical (unpaired) electrons. The highest BCUT2D eigenvalue weighted by Gasteiger charge is 2.20. The molecule has 1 aliphatic rings. The van der Waals surface area contributed by atoms with Gasteiger partial charge in [-0.1, -0.05) is 42.5 Å². The van der Waals surface area contributed by atoms with Gasteiger partial charge >= 0.3 is 5.69 Å². The van der Waals surface area contributed by atoms with E-state index >= 15 is 0 Å². The molecule has 5 rings (SSSR count). The van der Waals surface area contributed by atoms with Crippen molar-refractivity contribution in [3.8, 4) is 0 Å². The van der Waals surface area contributed by atoms with Crippen molar-refractivity contribution < 1.29 is 4.74 Å². The van der Waals surface area contributed by atoms with Crippen molar-refractivity contribution in [1.82, 2.24) is 28.0 Å². The predicted molar refractivity (Wildman–Crippen MR) is 128 cm³/mol. The van der Waals surface area contributed by atoms with Gasteiger partial charge in [0.2, 0.25) is 5.78 Å². The summed E-state index contributed by atoms with van der Waals surface area (Å²) < 4.78 is 12.1. The largest absolute Gasteiger partial charge is 0.379 e. The lowest BCUT2D eigenvalue weighted by Crippen LogP contribution is -2.39. The number of benzene rings is 1. The molecule has 0 unspecified atom stereocenters.